The predicted octanol–water partition coefficient (Wildman–Crippen LogP) is 5.60. The van der Waals surface area contributed by atoms with Crippen molar-refractivity contribution in [1.82, 2.24) is 19.6 Å². The van der Waals surface area contributed by atoms with E-state index >= 15 is 0 Å². The van der Waals surface area contributed by atoms with Gasteiger partial charge in [0.15, 0.2) is 0 Å². The van der Waals surface area contributed by atoms with E-state index in [4.69, 9.17) is 4.74 Å². The Labute approximate surface area is 245 Å². The molecule has 7 rings (SSSR count). The van der Waals surface area contributed by atoms with Crippen LogP contribution in [0.4, 0.5) is 0 Å². The summed E-state index contributed by atoms with van der Waals surface area (Å²) < 4.78 is 6.73. The van der Waals surface area contributed by atoms with Gasteiger partial charge in [-0.25, -0.2) is 0 Å². The molecule has 1 spiro atoms. The molecule has 4 saturated heterocycles. The third kappa shape index (κ3) is 5.52. The van der Waals surface area contributed by atoms with Gasteiger partial charge in [-0.3, -0.25) is 14.6 Å². The van der Waals surface area contributed by atoms with Gasteiger partial charge in [-0.1, -0.05) is 48.5 Å². The van der Waals surface area contributed by atoms with Crippen LogP contribution in [0.3, 0.4) is 0 Å². The number of likely N-dealkylation sites (tertiary alicyclic amines) is 3. The summed E-state index contributed by atoms with van der Waals surface area (Å²) in [4.78, 5) is 24.0. The van der Waals surface area contributed by atoms with E-state index in [0.29, 0.717) is 12.1 Å². The minimum Gasteiger partial charge on any atom is -0.358 e. The Hall–Kier alpha value is -2.51. The molecule has 4 heterocycles. The summed E-state index contributed by atoms with van der Waals surface area (Å²) in [7, 11) is 0. The molecule has 3 aromatic carbocycles. The Bertz CT molecular complexity index is 1330. The number of amides is 1. The summed E-state index contributed by atoms with van der Waals surface area (Å²) >= 11 is 0. The first-order valence-electron chi connectivity index (χ1n) is 16.1. The molecule has 0 N–H and O–H groups in total. The van der Waals surface area contributed by atoms with Crippen molar-refractivity contribution >= 4 is 27.5 Å². The molecular formula is C35H46N4O2. The van der Waals surface area contributed by atoms with Gasteiger partial charge in [-0.15, -0.1) is 0 Å². The quantitative estimate of drug-likeness (QED) is 0.384. The minimum absolute atomic E-state index is 0.00334. The second-order valence-corrected chi connectivity index (χ2v) is 13.2. The zero-order valence-electron chi connectivity index (χ0n) is 24.8. The molecule has 218 valence electrons. The highest BCUT2D eigenvalue weighted by molar-refractivity contribution is 6.18. The van der Waals surface area contributed by atoms with Crippen molar-refractivity contribution in [2.45, 2.75) is 69.6 Å². The molecule has 1 amide bonds. The summed E-state index contributed by atoms with van der Waals surface area (Å²) in [6.45, 7) is 11.9. The maximum Gasteiger partial charge on any atom is 0.255 e. The van der Waals surface area contributed by atoms with E-state index in [1.165, 1.54) is 45.3 Å². The molecule has 0 saturated carbocycles. The lowest BCUT2D eigenvalue weighted by Crippen LogP contribution is -2.61. The standard InChI is InChI=1S/C35H46N4O2/c1-27-24-35(41-26-39(27)22-21-36-16-6-7-17-36)15-8-18-38(25-35)30-13-19-37(20-14-30)34(40)33-31-11-4-2-9-28(31)23-29-10-3-5-12-32(29)33/h2-5,9-12,23,27,30H,6-8,13-22,24-26H2,1H3. The highest BCUT2D eigenvalue weighted by Crippen LogP contribution is 2.37. The lowest BCUT2D eigenvalue weighted by atomic mass is 9.84. The van der Waals surface area contributed by atoms with Gasteiger partial charge in [0, 0.05) is 44.8 Å². The van der Waals surface area contributed by atoms with Crippen LogP contribution >= 0.6 is 0 Å². The topological polar surface area (TPSA) is 39.3 Å². The highest BCUT2D eigenvalue weighted by atomic mass is 16.5. The fraction of sp³-hybridized carbons (Fsp3) is 0.571. The van der Waals surface area contributed by atoms with Crippen molar-refractivity contribution in [3.8, 4) is 0 Å². The first-order valence-corrected chi connectivity index (χ1v) is 16.1. The molecule has 6 heteroatoms. The highest BCUT2D eigenvalue weighted by Gasteiger charge is 2.44. The summed E-state index contributed by atoms with van der Waals surface area (Å²) in [5.41, 5.74) is 0.865. The van der Waals surface area contributed by atoms with Crippen molar-refractivity contribution < 1.29 is 9.53 Å². The van der Waals surface area contributed by atoms with Gasteiger partial charge in [0.05, 0.1) is 11.2 Å². The lowest BCUT2D eigenvalue weighted by Gasteiger charge is -2.52. The normalized spacial score (nSPS) is 27.3. The van der Waals surface area contributed by atoms with Crippen molar-refractivity contribution in [3.05, 3.63) is 60.2 Å². The largest absolute Gasteiger partial charge is 0.358 e. The molecule has 4 fully saturated rings. The summed E-state index contributed by atoms with van der Waals surface area (Å²) in [6.07, 6.45) is 8.33. The van der Waals surface area contributed by atoms with Crippen LogP contribution in [0.15, 0.2) is 54.6 Å². The summed E-state index contributed by atoms with van der Waals surface area (Å²) in [5.74, 6) is 0.185. The Morgan fingerprint density at radius 2 is 1.56 bits per heavy atom. The fourth-order valence-electron chi connectivity index (χ4n) is 8.20. The number of benzene rings is 3. The SMILES string of the molecule is CC1CC2(CCCN(C3CCN(C(=O)c4c5ccccc5cc5ccccc45)CC3)C2)OCN1CCN1CCCC1. The molecule has 0 bridgehead atoms. The monoisotopic (exact) mass is 554 g/mol. The maximum absolute atomic E-state index is 14.0. The predicted molar refractivity (Wildman–Crippen MR) is 166 cm³/mol. The van der Waals surface area contributed by atoms with Crippen LogP contribution in [0, 0.1) is 0 Å². The van der Waals surface area contributed by atoms with Crippen LogP contribution in [0.25, 0.3) is 21.5 Å². The maximum atomic E-state index is 14.0. The van der Waals surface area contributed by atoms with Gasteiger partial charge >= 0.3 is 0 Å². The summed E-state index contributed by atoms with van der Waals surface area (Å²) in [6, 6.07) is 20.0. The first kappa shape index (κ1) is 27.3. The van der Waals surface area contributed by atoms with Crippen LogP contribution < -0.4 is 0 Å². The number of carbonyl (C=O) groups excluding carboxylic acids is 1. The number of nitrogens with zero attached hydrogens (tertiary/aromatic N) is 4. The average Bonchev–Trinajstić information content (AvgIpc) is 3.53. The van der Waals surface area contributed by atoms with Crippen LogP contribution in [-0.2, 0) is 4.74 Å². The Morgan fingerprint density at radius 3 is 2.24 bits per heavy atom. The number of hydrogen-bond acceptors (Lipinski definition) is 5. The Kier molecular flexibility index (Phi) is 7.76. The van der Waals surface area contributed by atoms with Crippen molar-refractivity contribution in [1.29, 1.82) is 0 Å². The molecule has 2 unspecified atom stereocenters. The van der Waals surface area contributed by atoms with E-state index in [1.54, 1.807) is 0 Å². The molecule has 0 aliphatic carbocycles. The zero-order chi connectivity index (χ0) is 27.8. The van der Waals surface area contributed by atoms with E-state index in [-0.39, 0.29) is 11.5 Å². The second-order valence-electron chi connectivity index (χ2n) is 13.2. The summed E-state index contributed by atoms with van der Waals surface area (Å²) in [5, 5.41) is 4.41. The number of ether oxygens (including phenoxy) is 1. The van der Waals surface area contributed by atoms with E-state index < -0.39 is 0 Å². The van der Waals surface area contributed by atoms with Gasteiger partial charge in [-0.2, -0.15) is 0 Å². The fourth-order valence-corrected chi connectivity index (χ4v) is 8.20. The number of piperidine rings is 2. The third-order valence-corrected chi connectivity index (χ3v) is 10.6. The van der Waals surface area contributed by atoms with Crippen molar-refractivity contribution in [3.63, 3.8) is 0 Å². The Morgan fingerprint density at radius 1 is 0.878 bits per heavy atom. The minimum atomic E-state index is -0.00334. The number of carbonyl (C=O) groups is 1. The third-order valence-electron chi connectivity index (χ3n) is 10.6. The molecule has 0 radical (unpaired) electrons. The molecule has 6 nitrogen and oxygen atoms in total. The van der Waals surface area contributed by atoms with Crippen molar-refractivity contribution in [2.75, 3.05) is 59.1 Å². The van der Waals surface area contributed by atoms with Gasteiger partial charge in [0.25, 0.3) is 5.91 Å². The van der Waals surface area contributed by atoms with E-state index in [2.05, 4.69) is 69.0 Å². The Balaban J connectivity index is 0.987. The number of hydrogen-bond donors (Lipinski definition) is 0. The number of rotatable bonds is 5. The second kappa shape index (κ2) is 11.6. The molecule has 4 aliphatic heterocycles. The van der Waals surface area contributed by atoms with Crippen LogP contribution in [0.2, 0.25) is 0 Å². The molecule has 2 atom stereocenters. The van der Waals surface area contributed by atoms with Gasteiger partial charge < -0.3 is 14.5 Å². The van der Waals surface area contributed by atoms with E-state index in [0.717, 1.165) is 85.8 Å². The van der Waals surface area contributed by atoms with Crippen LogP contribution in [-0.4, -0.2) is 102 Å². The average molecular weight is 555 g/mol. The molecular weight excluding hydrogens is 508 g/mol. The zero-order valence-corrected chi connectivity index (χ0v) is 24.8. The molecule has 3 aromatic rings. The molecule has 4 aliphatic rings. The first-order chi connectivity index (χ1) is 20.1. The lowest BCUT2D eigenvalue weighted by molar-refractivity contribution is -0.184. The molecule has 41 heavy (non-hydrogen) atoms. The van der Waals surface area contributed by atoms with Crippen molar-refractivity contribution in [2.24, 2.45) is 0 Å². The van der Waals surface area contributed by atoms with Gasteiger partial charge in [0.2, 0.25) is 0 Å². The number of fused-ring (bicyclic) bond motifs is 2. The van der Waals surface area contributed by atoms with E-state index in [1.807, 2.05) is 12.1 Å². The van der Waals surface area contributed by atoms with Crippen LogP contribution in [0.5, 0.6) is 0 Å². The smallest absolute Gasteiger partial charge is 0.255 e. The molecule has 0 aromatic heterocycles. The van der Waals surface area contributed by atoms with Gasteiger partial charge in [-0.05, 0) is 99.1 Å². The van der Waals surface area contributed by atoms with Crippen LogP contribution in [0.1, 0.15) is 62.2 Å². The van der Waals surface area contributed by atoms with Gasteiger partial charge in [0.1, 0.15) is 6.73 Å². The van der Waals surface area contributed by atoms with E-state index in [9.17, 15) is 4.79 Å².